The minimum Gasteiger partial charge on any atom is -0.497 e. The Morgan fingerprint density at radius 2 is 2.05 bits per heavy atom. The van der Waals surface area contributed by atoms with E-state index in [2.05, 4.69) is 5.32 Å². The predicted molar refractivity (Wildman–Crippen MR) is 79.8 cm³/mol. The molecule has 1 aliphatic rings. The highest BCUT2D eigenvalue weighted by molar-refractivity contribution is 6.00. The molecule has 114 valence electrons. The molecule has 1 saturated carbocycles. The molecule has 1 fully saturated rings. The number of carboxylic acid groups (broad SMARTS) is 1. The van der Waals surface area contributed by atoms with Gasteiger partial charge in [-0.3, -0.25) is 4.79 Å². The number of hydrogen-bond acceptors (Lipinski definition) is 3. The molecule has 0 bridgehead atoms. The van der Waals surface area contributed by atoms with Crippen molar-refractivity contribution in [1.29, 1.82) is 0 Å². The van der Waals surface area contributed by atoms with Crippen LogP contribution < -0.4 is 10.1 Å². The second-order valence-electron chi connectivity index (χ2n) is 5.45. The Morgan fingerprint density at radius 1 is 1.33 bits per heavy atom. The van der Waals surface area contributed by atoms with E-state index in [1.165, 1.54) is 44.9 Å². The Bertz CT molecular complexity index is 521. The zero-order chi connectivity index (χ0) is 15.2. The molecular weight excluding hydrogens is 270 g/mol. The highest BCUT2D eigenvalue weighted by atomic mass is 16.5. The third-order valence-corrected chi connectivity index (χ3v) is 3.99. The molecule has 5 heteroatoms. The smallest absolute Gasteiger partial charge is 0.337 e. The highest BCUT2D eigenvalue weighted by Crippen LogP contribution is 2.29. The van der Waals surface area contributed by atoms with E-state index in [1.807, 2.05) is 0 Å². The molecular formula is C16H21NO4. The van der Waals surface area contributed by atoms with Gasteiger partial charge in [-0.05, 0) is 24.5 Å². The molecule has 1 aliphatic carbocycles. The SMILES string of the molecule is COc1ccc(C(=O)O)c(NC(=O)CCC2CCCC2)c1. The van der Waals surface area contributed by atoms with Crippen LogP contribution in [0.25, 0.3) is 0 Å². The molecule has 0 unspecified atom stereocenters. The van der Waals surface area contributed by atoms with Gasteiger partial charge in [-0.1, -0.05) is 25.7 Å². The largest absolute Gasteiger partial charge is 0.497 e. The van der Waals surface area contributed by atoms with Gasteiger partial charge in [0.15, 0.2) is 0 Å². The molecule has 0 aromatic heterocycles. The molecule has 1 aromatic carbocycles. The van der Waals surface area contributed by atoms with Crippen LogP contribution in [0.2, 0.25) is 0 Å². The minimum absolute atomic E-state index is 0.0741. The molecule has 0 saturated heterocycles. The van der Waals surface area contributed by atoms with Crippen molar-refractivity contribution in [2.75, 3.05) is 12.4 Å². The van der Waals surface area contributed by atoms with E-state index >= 15 is 0 Å². The van der Waals surface area contributed by atoms with Gasteiger partial charge in [-0.2, -0.15) is 0 Å². The fourth-order valence-corrected chi connectivity index (χ4v) is 2.79. The zero-order valence-corrected chi connectivity index (χ0v) is 12.2. The number of anilines is 1. The lowest BCUT2D eigenvalue weighted by molar-refractivity contribution is -0.116. The maximum Gasteiger partial charge on any atom is 0.337 e. The van der Waals surface area contributed by atoms with E-state index in [0.717, 1.165) is 6.42 Å². The maximum absolute atomic E-state index is 12.0. The lowest BCUT2D eigenvalue weighted by Gasteiger charge is -2.12. The van der Waals surface area contributed by atoms with E-state index in [9.17, 15) is 9.59 Å². The third-order valence-electron chi connectivity index (χ3n) is 3.99. The van der Waals surface area contributed by atoms with Crippen LogP contribution >= 0.6 is 0 Å². The summed E-state index contributed by atoms with van der Waals surface area (Å²) in [7, 11) is 1.50. The van der Waals surface area contributed by atoms with Gasteiger partial charge in [0, 0.05) is 12.5 Å². The topological polar surface area (TPSA) is 75.6 Å². The lowest BCUT2D eigenvalue weighted by Crippen LogP contribution is -2.15. The van der Waals surface area contributed by atoms with Gasteiger partial charge in [0.1, 0.15) is 5.75 Å². The van der Waals surface area contributed by atoms with Gasteiger partial charge in [0.25, 0.3) is 0 Å². The Morgan fingerprint density at radius 3 is 2.67 bits per heavy atom. The summed E-state index contributed by atoms with van der Waals surface area (Å²) in [5.41, 5.74) is 0.364. The van der Waals surface area contributed by atoms with Crippen LogP contribution in [0, 0.1) is 5.92 Å². The first-order chi connectivity index (χ1) is 10.1. The molecule has 5 nitrogen and oxygen atoms in total. The van der Waals surface area contributed by atoms with E-state index in [-0.39, 0.29) is 11.5 Å². The van der Waals surface area contributed by atoms with Crippen LogP contribution in [0.5, 0.6) is 5.75 Å². The first-order valence-corrected chi connectivity index (χ1v) is 7.31. The van der Waals surface area contributed by atoms with E-state index in [0.29, 0.717) is 23.8 Å². The zero-order valence-electron chi connectivity index (χ0n) is 12.2. The summed E-state index contributed by atoms with van der Waals surface area (Å²) >= 11 is 0. The number of rotatable bonds is 6. The van der Waals surface area contributed by atoms with Crippen molar-refractivity contribution in [2.24, 2.45) is 5.92 Å². The van der Waals surface area contributed by atoms with Crippen molar-refractivity contribution in [3.8, 4) is 5.75 Å². The van der Waals surface area contributed by atoms with E-state index < -0.39 is 5.97 Å². The molecule has 0 radical (unpaired) electrons. The fourth-order valence-electron chi connectivity index (χ4n) is 2.79. The minimum atomic E-state index is -1.07. The second kappa shape index (κ2) is 7.11. The van der Waals surface area contributed by atoms with Crippen LogP contribution in [0.3, 0.4) is 0 Å². The predicted octanol–water partition coefficient (Wildman–Crippen LogP) is 3.30. The summed E-state index contributed by atoms with van der Waals surface area (Å²) in [6.07, 6.45) is 6.22. The number of hydrogen-bond donors (Lipinski definition) is 2. The Labute approximate surface area is 124 Å². The number of carbonyl (C=O) groups excluding carboxylic acids is 1. The standard InChI is InChI=1S/C16H21NO4/c1-21-12-7-8-13(16(19)20)14(10-12)17-15(18)9-6-11-4-2-3-5-11/h7-8,10-11H,2-6,9H2,1H3,(H,17,18)(H,19,20). The molecule has 1 amide bonds. The Kier molecular flexibility index (Phi) is 5.20. The van der Waals surface area contributed by atoms with Crippen molar-refractivity contribution in [1.82, 2.24) is 0 Å². The molecule has 0 atom stereocenters. The Balaban J connectivity index is 1.99. The molecule has 0 heterocycles. The van der Waals surface area contributed by atoms with E-state index in [1.54, 1.807) is 6.07 Å². The monoisotopic (exact) mass is 291 g/mol. The highest BCUT2D eigenvalue weighted by Gasteiger charge is 2.18. The number of aromatic carboxylic acids is 1. The average Bonchev–Trinajstić information content (AvgIpc) is 2.98. The van der Waals surface area contributed by atoms with Crippen molar-refractivity contribution in [2.45, 2.75) is 38.5 Å². The first-order valence-electron chi connectivity index (χ1n) is 7.31. The number of carbonyl (C=O) groups is 2. The van der Waals surface area contributed by atoms with Gasteiger partial charge in [0.05, 0.1) is 18.4 Å². The fraction of sp³-hybridized carbons (Fsp3) is 0.500. The second-order valence-corrected chi connectivity index (χ2v) is 5.45. The number of benzene rings is 1. The molecule has 1 aromatic rings. The van der Waals surface area contributed by atoms with Crippen LogP contribution in [0.4, 0.5) is 5.69 Å². The van der Waals surface area contributed by atoms with Crippen LogP contribution in [-0.2, 0) is 4.79 Å². The van der Waals surface area contributed by atoms with Crippen molar-refractivity contribution in [3.63, 3.8) is 0 Å². The Hall–Kier alpha value is -2.04. The van der Waals surface area contributed by atoms with Crippen LogP contribution in [-0.4, -0.2) is 24.1 Å². The van der Waals surface area contributed by atoms with Gasteiger partial charge in [-0.25, -0.2) is 4.79 Å². The van der Waals surface area contributed by atoms with Crippen molar-refractivity contribution >= 4 is 17.6 Å². The van der Waals surface area contributed by atoms with E-state index in [4.69, 9.17) is 9.84 Å². The number of amides is 1. The lowest BCUT2D eigenvalue weighted by atomic mass is 10.0. The average molecular weight is 291 g/mol. The van der Waals surface area contributed by atoms with Crippen molar-refractivity contribution < 1.29 is 19.4 Å². The van der Waals surface area contributed by atoms with Gasteiger partial charge in [-0.15, -0.1) is 0 Å². The quantitative estimate of drug-likeness (QED) is 0.843. The molecule has 0 spiro atoms. The molecule has 2 N–H and O–H groups in total. The molecule has 0 aliphatic heterocycles. The number of ether oxygens (including phenoxy) is 1. The summed E-state index contributed by atoms with van der Waals surface area (Å²) in [5.74, 6) is -0.0486. The number of carboxylic acids is 1. The number of methoxy groups -OCH3 is 1. The van der Waals surface area contributed by atoms with Gasteiger partial charge >= 0.3 is 5.97 Å². The normalized spacial score (nSPS) is 14.9. The summed E-state index contributed by atoms with van der Waals surface area (Å²) in [4.78, 5) is 23.2. The van der Waals surface area contributed by atoms with Crippen LogP contribution in [0.15, 0.2) is 18.2 Å². The summed E-state index contributed by atoms with van der Waals surface area (Å²) in [6.45, 7) is 0. The number of nitrogens with one attached hydrogen (secondary N) is 1. The van der Waals surface area contributed by atoms with Crippen LogP contribution in [0.1, 0.15) is 48.9 Å². The van der Waals surface area contributed by atoms with Crippen molar-refractivity contribution in [3.05, 3.63) is 23.8 Å². The molecule has 21 heavy (non-hydrogen) atoms. The van der Waals surface area contributed by atoms with Gasteiger partial charge in [0.2, 0.25) is 5.91 Å². The summed E-state index contributed by atoms with van der Waals surface area (Å²) in [6, 6.07) is 4.54. The summed E-state index contributed by atoms with van der Waals surface area (Å²) in [5, 5.41) is 11.8. The first kappa shape index (κ1) is 15.4. The third kappa shape index (κ3) is 4.21. The maximum atomic E-state index is 12.0. The summed E-state index contributed by atoms with van der Waals surface area (Å²) < 4.78 is 5.07. The van der Waals surface area contributed by atoms with Gasteiger partial charge < -0.3 is 15.2 Å². The molecule has 2 rings (SSSR count).